The number of rotatable bonds is 7. The van der Waals surface area contributed by atoms with E-state index in [0.29, 0.717) is 31.1 Å². The van der Waals surface area contributed by atoms with Gasteiger partial charge < -0.3 is 14.6 Å². The smallest absolute Gasteiger partial charge is 0.150 e. The van der Waals surface area contributed by atoms with Crippen molar-refractivity contribution in [3.8, 4) is 5.75 Å². The molecule has 0 spiro atoms. The van der Waals surface area contributed by atoms with Crippen molar-refractivity contribution in [3.05, 3.63) is 29.8 Å². The zero-order valence-electron chi connectivity index (χ0n) is 8.39. The fraction of sp³-hybridized carbons (Fsp3) is 0.364. The Morgan fingerprint density at radius 2 is 1.87 bits per heavy atom. The molecule has 0 unspecified atom stereocenters. The average Bonchev–Trinajstić information content (AvgIpc) is 2.30. The van der Waals surface area contributed by atoms with Crippen LogP contribution in [0.3, 0.4) is 0 Å². The molecule has 0 aliphatic heterocycles. The van der Waals surface area contributed by atoms with Crippen LogP contribution in [0.1, 0.15) is 10.4 Å². The van der Waals surface area contributed by atoms with Gasteiger partial charge in [0.2, 0.25) is 0 Å². The van der Waals surface area contributed by atoms with Crippen molar-refractivity contribution >= 4 is 6.29 Å². The Labute approximate surface area is 88.4 Å². The maximum Gasteiger partial charge on any atom is 0.150 e. The van der Waals surface area contributed by atoms with Gasteiger partial charge in [0.05, 0.1) is 19.8 Å². The van der Waals surface area contributed by atoms with Gasteiger partial charge >= 0.3 is 0 Å². The number of ether oxygens (including phenoxy) is 2. The number of carbonyl (C=O) groups is 1. The van der Waals surface area contributed by atoms with Gasteiger partial charge in [-0.05, 0) is 24.3 Å². The Morgan fingerprint density at radius 3 is 2.47 bits per heavy atom. The molecule has 0 saturated carbocycles. The number of aliphatic hydroxyl groups excluding tert-OH is 1. The molecule has 0 atom stereocenters. The monoisotopic (exact) mass is 210 g/mol. The summed E-state index contributed by atoms with van der Waals surface area (Å²) in [7, 11) is 0. The first-order chi connectivity index (χ1) is 7.36. The Kier molecular flexibility index (Phi) is 5.43. The first kappa shape index (κ1) is 11.7. The molecule has 15 heavy (non-hydrogen) atoms. The fourth-order valence-corrected chi connectivity index (χ4v) is 1.03. The highest BCUT2D eigenvalue weighted by atomic mass is 16.5. The van der Waals surface area contributed by atoms with E-state index in [9.17, 15) is 4.79 Å². The van der Waals surface area contributed by atoms with Crippen LogP contribution in [0.4, 0.5) is 0 Å². The number of carbonyl (C=O) groups excluding carboxylic acids is 1. The van der Waals surface area contributed by atoms with E-state index < -0.39 is 0 Å². The Hall–Kier alpha value is -1.39. The molecule has 1 aromatic rings. The minimum atomic E-state index is 0.0219. The number of benzene rings is 1. The van der Waals surface area contributed by atoms with Crippen LogP contribution in [0.5, 0.6) is 5.75 Å². The van der Waals surface area contributed by atoms with Crippen LogP contribution in [0.25, 0.3) is 0 Å². The molecule has 0 heterocycles. The van der Waals surface area contributed by atoms with Crippen molar-refractivity contribution < 1.29 is 19.4 Å². The van der Waals surface area contributed by atoms with Crippen LogP contribution >= 0.6 is 0 Å². The zero-order valence-corrected chi connectivity index (χ0v) is 8.39. The van der Waals surface area contributed by atoms with Crippen LogP contribution in [0.15, 0.2) is 24.3 Å². The summed E-state index contributed by atoms with van der Waals surface area (Å²) in [6.07, 6.45) is 0.786. The van der Waals surface area contributed by atoms with Crippen LogP contribution in [-0.2, 0) is 4.74 Å². The molecular formula is C11H14O4. The topological polar surface area (TPSA) is 55.8 Å². The van der Waals surface area contributed by atoms with Crippen molar-refractivity contribution in [3.63, 3.8) is 0 Å². The van der Waals surface area contributed by atoms with Crippen molar-refractivity contribution in [1.82, 2.24) is 0 Å². The Balaban J connectivity index is 2.22. The maximum atomic E-state index is 10.4. The molecule has 4 heteroatoms. The van der Waals surface area contributed by atoms with E-state index in [1.165, 1.54) is 0 Å². The lowest BCUT2D eigenvalue weighted by molar-refractivity contribution is 0.0705. The lowest BCUT2D eigenvalue weighted by Crippen LogP contribution is -2.09. The van der Waals surface area contributed by atoms with Crippen LogP contribution in [0, 0.1) is 0 Å². The second kappa shape index (κ2) is 6.98. The molecule has 1 rings (SSSR count). The van der Waals surface area contributed by atoms with Gasteiger partial charge in [0.15, 0.2) is 0 Å². The van der Waals surface area contributed by atoms with Gasteiger partial charge in [-0.3, -0.25) is 4.79 Å². The molecule has 0 aromatic heterocycles. The van der Waals surface area contributed by atoms with Gasteiger partial charge in [-0.15, -0.1) is 0 Å². The third kappa shape index (κ3) is 4.58. The van der Waals surface area contributed by atoms with Gasteiger partial charge in [-0.2, -0.15) is 0 Å². The summed E-state index contributed by atoms with van der Waals surface area (Å²) in [6.45, 7) is 1.22. The van der Waals surface area contributed by atoms with Crippen molar-refractivity contribution in [2.75, 3.05) is 26.4 Å². The molecule has 0 aliphatic carbocycles. The summed E-state index contributed by atoms with van der Waals surface area (Å²) in [5.74, 6) is 0.702. The molecule has 4 nitrogen and oxygen atoms in total. The summed E-state index contributed by atoms with van der Waals surface area (Å²) >= 11 is 0. The lowest BCUT2D eigenvalue weighted by atomic mass is 10.2. The third-order valence-corrected chi connectivity index (χ3v) is 1.75. The summed E-state index contributed by atoms with van der Waals surface area (Å²) < 4.78 is 10.3. The maximum absolute atomic E-state index is 10.4. The van der Waals surface area contributed by atoms with Gasteiger partial charge in [-0.25, -0.2) is 0 Å². The van der Waals surface area contributed by atoms with Crippen LogP contribution < -0.4 is 4.74 Å². The quantitative estimate of drug-likeness (QED) is 0.536. The standard InChI is InChI=1S/C11H14O4/c12-5-6-14-7-8-15-11-3-1-10(9-13)2-4-11/h1-4,9,12H,5-8H2. The highest BCUT2D eigenvalue weighted by Gasteiger charge is 1.94. The Bertz CT molecular complexity index is 281. The summed E-state index contributed by atoms with van der Waals surface area (Å²) in [5.41, 5.74) is 0.624. The molecule has 0 fully saturated rings. The minimum Gasteiger partial charge on any atom is -0.491 e. The predicted molar refractivity (Wildman–Crippen MR) is 55.2 cm³/mol. The van der Waals surface area contributed by atoms with E-state index in [4.69, 9.17) is 14.6 Å². The molecular weight excluding hydrogens is 196 g/mol. The largest absolute Gasteiger partial charge is 0.491 e. The van der Waals surface area contributed by atoms with E-state index in [1.54, 1.807) is 24.3 Å². The van der Waals surface area contributed by atoms with Gasteiger partial charge in [-0.1, -0.05) is 0 Å². The van der Waals surface area contributed by atoms with E-state index in [-0.39, 0.29) is 6.61 Å². The highest BCUT2D eigenvalue weighted by molar-refractivity contribution is 5.74. The predicted octanol–water partition coefficient (Wildman–Crippen LogP) is 0.887. The van der Waals surface area contributed by atoms with E-state index in [2.05, 4.69) is 0 Å². The number of hydrogen-bond acceptors (Lipinski definition) is 4. The van der Waals surface area contributed by atoms with Crippen molar-refractivity contribution in [2.45, 2.75) is 0 Å². The van der Waals surface area contributed by atoms with Gasteiger partial charge in [0.25, 0.3) is 0 Å². The summed E-state index contributed by atoms with van der Waals surface area (Å²) in [6, 6.07) is 6.85. The fourth-order valence-electron chi connectivity index (χ4n) is 1.03. The number of hydrogen-bond donors (Lipinski definition) is 1. The molecule has 0 saturated heterocycles. The first-order valence-electron chi connectivity index (χ1n) is 4.73. The lowest BCUT2D eigenvalue weighted by Gasteiger charge is -2.06. The van der Waals surface area contributed by atoms with Crippen LogP contribution in [-0.4, -0.2) is 37.8 Å². The second-order valence-electron chi connectivity index (χ2n) is 2.87. The van der Waals surface area contributed by atoms with Crippen molar-refractivity contribution in [1.29, 1.82) is 0 Å². The average molecular weight is 210 g/mol. The molecule has 0 amide bonds. The second-order valence-corrected chi connectivity index (χ2v) is 2.87. The molecule has 0 bridgehead atoms. The third-order valence-electron chi connectivity index (χ3n) is 1.75. The minimum absolute atomic E-state index is 0.0219. The number of aliphatic hydroxyl groups is 1. The zero-order chi connectivity index (χ0) is 10.9. The first-order valence-corrected chi connectivity index (χ1v) is 4.73. The van der Waals surface area contributed by atoms with E-state index in [1.807, 2.05) is 0 Å². The van der Waals surface area contributed by atoms with Gasteiger partial charge in [0.1, 0.15) is 18.6 Å². The molecule has 1 N–H and O–H groups in total. The molecule has 0 aliphatic rings. The highest BCUT2D eigenvalue weighted by Crippen LogP contribution is 2.10. The van der Waals surface area contributed by atoms with Crippen LogP contribution in [0.2, 0.25) is 0 Å². The molecule has 1 aromatic carbocycles. The molecule has 0 radical (unpaired) electrons. The summed E-state index contributed by atoms with van der Waals surface area (Å²) in [5, 5.41) is 8.44. The molecule has 82 valence electrons. The van der Waals surface area contributed by atoms with Gasteiger partial charge in [0, 0.05) is 5.56 Å². The normalized spacial score (nSPS) is 9.93. The number of aldehydes is 1. The van der Waals surface area contributed by atoms with Crippen molar-refractivity contribution in [2.24, 2.45) is 0 Å². The summed E-state index contributed by atoms with van der Waals surface area (Å²) in [4.78, 5) is 10.4. The Morgan fingerprint density at radius 1 is 1.13 bits per heavy atom. The SMILES string of the molecule is O=Cc1ccc(OCCOCCO)cc1. The van der Waals surface area contributed by atoms with E-state index >= 15 is 0 Å². The van der Waals surface area contributed by atoms with E-state index in [0.717, 1.165) is 6.29 Å².